The smallest absolute Gasteiger partial charge is 0.224 e. The number of hydrogen-bond donors (Lipinski definition) is 3. The predicted octanol–water partition coefficient (Wildman–Crippen LogP) is 4.60. The second-order valence-electron chi connectivity index (χ2n) is 7.36. The summed E-state index contributed by atoms with van der Waals surface area (Å²) in [4.78, 5) is 10.8. The molecule has 0 radical (unpaired) electrons. The summed E-state index contributed by atoms with van der Waals surface area (Å²) in [5, 5.41) is 12.5. The van der Waals surface area contributed by atoms with Crippen LogP contribution in [0.2, 0.25) is 10.0 Å². The Bertz CT molecular complexity index is 1170. The van der Waals surface area contributed by atoms with Crippen molar-refractivity contribution in [1.29, 1.82) is 0 Å². The van der Waals surface area contributed by atoms with E-state index in [0.717, 1.165) is 48.2 Å². The number of allylic oxidation sites excluding steroid dienone is 2. The van der Waals surface area contributed by atoms with Gasteiger partial charge in [-0.15, -0.1) is 0 Å². The van der Waals surface area contributed by atoms with Crippen molar-refractivity contribution in [3.05, 3.63) is 76.6 Å². The van der Waals surface area contributed by atoms with E-state index in [0.29, 0.717) is 21.5 Å². The van der Waals surface area contributed by atoms with Gasteiger partial charge in [0.2, 0.25) is 5.95 Å². The zero-order valence-electron chi connectivity index (χ0n) is 16.9. The van der Waals surface area contributed by atoms with Crippen LogP contribution in [0.4, 0.5) is 11.8 Å². The predicted molar refractivity (Wildman–Crippen MR) is 127 cm³/mol. The van der Waals surface area contributed by atoms with Crippen LogP contribution in [-0.4, -0.2) is 44.2 Å². The largest absolute Gasteiger partial charge is 0.369 e. The molecule has 160 valence electrons. The Kier molecular flexibility index (Phi) is 6.15. The van der Waals surface area contributed by atoms with Gasteiger partial charge in [0.25, 0.3) is 0 Å². The van der Waals surface area contributed by atoms with Gasteiger partial charge in [-0.05, 0) is 42.2 Å². The van der Waals surface area contributed by atoms with Crippen molar-refractivity contribution in [2.24, 2.45) is 0 Å². The van der Waals surface area contributed by atoms with Gasteiger partial charge < -0.3 is 16.0 Å². The van der Waals surface area contributed by atoms with Crippen LogP contribution < -0.4 is 11.1 Å². The molecule has 31 heavy (non-hydrogen) atoms. The van der Waals surface area contributed by atoms with E-state index in [-0.39, 0.29) is 12.0 Å². The van der Waals surface area contributed by atoms with Crippen molar-refractivity contribution in [3.63, 3.8) is 0 Å². The standard InChI is InChI=1S/C22H23Cl2N7/c1-3-13-9-16(27-20-17-11-26-30-21(17)29-22(25)28-20)12-31(19(13)4-2)8-7-14-5-6-15(23)10-18(14)24/h3-6,10-11,16H,1-2,7-9,12H2,(H4,25,26,27,28,29,30). The summed E-state index contributed by atoms with van der Waals surface area (Å²) in [6.07, 6.45) is 7.02. The molecule has 1 unspecified atom stereocenters. The summed E-state index contributed by atoms with van der Waals surface area (Å²) < 4.78 is 0. The zero-order valence-corrected chi connectivity index (χ0v) is 18.4. The molecule has 9 heteroatoms. The first-order valence-electron chi connectivity index (χ1n) is 9.88. The van der Waals surface area contributed by atoms with E-state index in [1.807, 2.05) is 24.3 Å². The number of benzene rings is 1. The number of halogens is 2. The molecule has 4 N–H and O–H groups in total. The fourth-order valence-corrected chi connectivity index (χ4v) is 4.40. The minimum atomic E-state index is 0.0878. The van der Waals surface area contributed by atoms with Gasteiger partial charge in [0.1, 0.15) is 5.82 Å². The molecule has 7 nitrogen and oxygen atoms in total. The van der Waals surface area contributed by atoms with Crippen molar-refractivity contribution in [2.75, 3.05) is 24.1 Å². The van der Waals surface area contributed by atoms with Crippen LogP contribution >= 0.6 is 23.2 Å². The van der Waals surface area contributed by atoms with Gasteiger partial charge in [-0.2, -0.15) is 15.1 Å². The molecule has 1 atom stereocenters. The van der Waals surface area contributed by atoms with Crippen LogP contribution in [0.3, 0.4) is 0 Å². The molecule has 3 aromatic rings. The maximum absolute atomic E-state index is 6.37. The number of aromatic amines is 1. The maximum atomic E-state index is 6.37. The monoisotopic (exact) mass is 455 g/mol. The third kappa shape index (κ3) is 4.52. The maximum Gasteiger partial charge on any atom is 0.224 e. The minimum Gasteiger partial charge on any atom is -0.369 e. The zero-order chi connectivity index (χ0) is 22.0. The molecule has 1 aliphatic heterocycles. The van der Waals surface area contributed by atoms with E-state index in [1.54, 1.807) is 12.3 Å². The van der Waals surface area contributed by atoms with Gasteiger partial charge in [0, 0.05) is 34.9 Å². The molecule has 3 heterocycles. The molecular formula is C22H23Cl2N7. The topological polar surface area (TPSA) is 95.7 Å². The first-order chi connectivity index (χ1) is 15.0. The van der Waals surface area contributed by atoms with Crippen molar-refractivity contribution >= 4 is 46.0 Å². The number of nitrogens with two attached hydrogens (primary N) is 1. The molecular weight excluding hydrogens is 433 g/mol. The lowest BCUT2D eigenvalue weighted by Crippen LogP contribution is -2.41. The highest BCUT2D eigenvalue weighted by atomic mass is 35.5. The van der Waals surface area contributed by atoms with Crippen molar-refractivity contribution in [2.45, 2.75) is 18.9 Å². The van der Waals surface area contributed by atoms with Gasteiger partial charge >= 0.3 is 0 Å². The van der Waals surface area contributed by atoms with E-state index in [1.165, 1.54) is 0 Å². The fraction of sp³-hybridized carbons (Fsp3) is 0.227. The first kappa shape index (κ1) is 21.2. The van der Waals surface area contributed by atoms with Crippen LogP contribution in [0.15, 0.2) is 61.0 Å². The number of anilines is 2. The number of aromatic nitrogens is 4. The average molecular weight is 456 g/mol. The van der Waals surface area contributed by atoms with Crippen molar-refractivity contribution in [1.82, 2.24) is 25.1 Å². The summed E-state index contributed by atoms with van der Waals surface area (Å²) in [7, 11) is 0. The van der Waals surface area contributed by atoms with E-state index in [2.05, 4.69) is 43.5 Å². The Morgan fingerprint density at radius 2 is 2.10 bits per heavy atom. The van der Waals surface area contributed by atoms with Crippen LogP contribution in [-0.2, 0) is 6.42 Å². The quantitative estimate of drug-likeness (QED) is 0.481. The molecule has 1 aliphatic rings. The number of hydrogen-bond acceptors (Lipinski definition) is 6. The van der Waals surface area contributed by atoms with Gasteiger partial charge in [0.05, 0.1) is 11.6 Å². The van der Waals surface area contributed by atoms with Crippen molar-refractivity contribution < 1.29 is 0 Å². The Morgan fingerprint density at radius 3 is 2.84 bits per heavy atom. The second-order valence-corrected chi connectivity index (χ2v) is 8.20. The number of nitrogen functional groups attached to an aromatic ring is 1. The van der Waals surface area contributed by atoms with Gasteiger partial charge in [-0.25, -0.2) is 0 Å². The van der Waals surface area contributed by atoms with E-state index in [9.17, 15) is 0 Å². The fourth-order valence-electron chi connectivity index (χ4n) is 3.89. The van der Waals surface area contributed by atoms with E-state index in [4.69, 9.17) is 28.9 Å². The summed E-state index contributed by atoms with van der Waals surface area (Å²) in [5.41, 5.74) is 9.72. The number of nitrogens with one attached hydrogen (secondary N) is 2. The van der Waals surface area contributed by atoms with Gasteiger partial charge in [-0.3, -0.25) is 5.10 Å². The third-order valence-corrected chi connectivity index (χ3v) is 5.94. The molecule has 0 bridgehead atoms. The summed E-state index contributed by atoms with van der Waals surface area (Å²) in [6.45, 7) is 9.54. The lowest BCUT2D eigenvalue weighted by Gasteiger charge is -2.37. The molecule has 2 aromatic heterocycles. The van der Waals surface area contributed by atoms with Crippen LogP contribution in [0, 0.1) is 0 Å². The van der Waals surface area contributed by atoms with Crippen molar-refractivity contribution in [3.8, 4) is 0 Å². The second kappa shape index (κ2) is 8.99. The molecule has 0 saturated carbocycles. The first-order valence-corrected chi connectivity index (χ1v) is 10.6. The van der Waals surface area contributed by atoms with Crippen LogP contribution in [0.1, 0.15) is 12.0 Å². The van der Waals surface area contributed by atoms with Gasteiger partial charge in [0.15, 0.2) is 5.65 Å². The summed E-state index contributed by atoms with van der Waals surface area (Å²) >= 11 is 12.4. The molecule has 0 spiro atoms. The summed E-state index contributed by atoms with van der Waals surface area (Å²) in [5.74, 6) is 0.850. The summed E-state index contributed by atoms with van der Waals surface area (Å²) in [6, 6.07) is 5.69. The average Bonchev–Trinajstić information content (AvgIpc) is 3.21. The van der Waals surface area contributed by atoms with E-state index >= 15 is 0 Å². The van der Waals surface area contributed by atoms with Gasteiger partial charge in [-0.1, -0.05) is 48.5 Å². The highest BCUT2D eigenvalue weighted by molar-refractivity contribution is 6.35. The number of rotatable bonds is 7. The normalized spacial score (nSPS) is 16.6. The number of nitrogens with zero attached hydrogens (tertiary/aromatic N) is 4. The molecule has 0 saturated heterocycles. The van der Waals surface area contributed by atoms with Crippen LogP contribution in [0.5, 0.6) is 0 Å². The van der Waals surface area contributed by atoms with E-state index < -0.39 is 0 Å². The highest BCUT2D eigenvalue weighted by Crippen LogP contribution is 2.29. The number of H-pyrrole nitrogens is 1. The molecule has 0 aliphatic carbocycles. The molecule has 4 rings (SSSR count). The lowest BCUT2D eigenvalue weighted by atomic mass is 9.97. The molecule has 0 amide bonds. The Balaban J connectivity index is 1.57. The third-order valence-electron chi connectivity index (χ3n) is 5.35. The molecule has 1 aromatic carbocycles. The Morgan fingerprint density at radius 1 is 1.26 bits per heavy atom. The molecule has 0 fully saturated rings. The van der Waals surface area contributed by atoms with Crippen LogP contribution in [0.25, 0.3) is 11.0 Å². The Hall–Kier alpha value is -3.03. The SMILES string of the molecule is C=CC1=C(C=C)N(CCc2ccc(Cl)cc2Cl)CC(Nc2nc(N)nc3[nH]ncc23)C1. The lowest BCUT2D eigenvalue weighted by molar-refractivity contribution is 0.317. The highest BCUT2D eigenvalue weighted by Gasteiger charge is 2.25. The number of fused-ring (bicyclic) bond motifs is 1. The Labute approximate surface area is 190 Å². The minimum absolute atomic E-state index is 0.0878.